The van der Waals surface area contributed by atoms with Crippen LogP contribution in [0.4, 0.5) is 10.3 Å². The van der Waals surface area contributed by atoms with Crippen molar-refractivity contribution in [2.45, 2.75) is 36.2 Å². The van der Waals surface area contributed by atoms with E-state index in [1.807, 2.05) is 35.2 Å². The molecule has 34 heavy (non-hydrogen) atoms. The summed E-state index contributed by atoms with van der Waals surface area (Å²) in [6.07, 6.45) is 4.85. The number of hydrogen-bond acceptors (Lipinski definition) is 6. The highest BCUT2D eigenvalue weighted by Gasteiger charge is 2.30. The van der Waals surface area contributed by atoms with Gasteiger partial charge in [-0.2, -0.15) is 4.72 Å². The summed E-state index contributed by atoms with van der Waals surface area (Å²) in [5.41, 5.74) is 0.787. The van der Waals surface area contributed by atoms with Gasteiger partial charge in [0, 0.05) is 31.5 Å². The molecule has 4 rings (SSSR count). The molecule has 1 aliphatic rings. The van der Waals surface area contributed by atoms with Crippen LogP contribution < -0.4 is 14.9 Å². The van der Waals surface area contributed by atoms with Crippen molar-refractivity contribution >= 4 is 21.9 Å². The zero-order valence-corrected chi connectivity index (χ0v) is 19.3. The molecule has 1 unspecified atom stereocenters. The summed E-state index contributed by atoms with van der Waals surface area (Å²) < 4.78 is 42.4. The summed E-state index contributed by atoms with van der Waals surface area (Å²) in [6, 6.07) is 14.7. The van der Waals surface area contributed by atoms with Gasteiger partial charge in [0.2, 0.25) is 21.9 Å². The van der Waals surface area contributed by atoms with E-state index in [4.69, 9.17) is 0 Å². The SMILES string of the molecule is O=C(NC1CCN(c2ncccn2)CC1)C(Cc1ccccc1)NS(=O)(=O)c1ccccc1F. The van der Waals surface area contributed by atoms with Crippen LogP contribution in [0.2, 0.25) is 0 Å². The topological polar surface area (TPSA) is 104 Å². The number of nitrogens with zero attached hydrogens (tertiary/aromatic N) is 3. The Bertz CT molecular complexity index is 1200. The molecule has 0 radical (unpaired) electrons. The third-order valence-corrected chi connectivity index (χ3v) is 7.20. The Morgan fingerprint density at radius 1 is 1.00 bits per heavy atom. The highest BCUT2D eigenvalue weighted by molar-refractivity contribution is 7.89. The van der Waals surface area contributed by atoms with E-state index in [2.05, 4.69) is 20.0 Å². The highest BCUT2D eigenvalue weighted by atomic mass is 32.2. The first-order valence-electron chi connectivity index (χ1n) is 11.1. The minimum absolute atomic E-state index is 0.122. The van der Waals surface area contributed by atoms with E-state index in [9.17, 15) is 17.6 Å². The van der Waals surface area contributed by atoms with E-state index in [1.54, 1.807) is 18.5 Å². The molecule has 1 amide bonds. The average Bonchev–Trinajstić information content (AvgIpc) is 2.85. The number of nitrogens with one attached hydrogen (secondary N) is 2. The Hall–Kier alpha value is -3.37. The monoisotopic (exact) mass is 483 g/mol. The van der Waals surface area contributed by atoms with Gasteiger partial charge in [0.05, 0.1) is 0 Å². The molecule has 1 fully saturated rings. The van der Waals surface area contributed by atoms with E-state index < -0.39 is 32.7 Å². The van der Waals surface area contributed by atoms with E-state index in [0.29, 0.717) is 31.9 Å². The fourth-order valence-corrected chi connectivity index (χ4v) is 5.21. The van der Waals surface area contributed by atoms with Crippen molar-refractivity contribution in [3.63, 3.8) is 0 Å². The van der Waals surface area contributed by atoms with Crippen molar-refractivity contribution in [3.8, 4) is 0 Å². The number of rotatable bonds is 8. The minimum atomic E-state index is -4.25. The van der Waals surface area contributed by atoms with Crippen molar-refractivity contribution in [1.82, 2.24) is 20.0 Å². The second kappa shape index (κ2) is 10.7. The summed E-state index contributed by atoms with van der Waals surface area (Å²) in [6.45, 7) is 1.33. The van der Waals surface area contributed by atoms with Crippen LogP contribution in [0.25, 0.3) is 0 Å². The van der Waals surface area contributed by atoms with Gasteiger partial charge in [-0.3, -0.25) is 4.79 Å². The van der Waals surface area contributed by atoms with Gasteiger partial charge in [0.15, 0.2) is 0 Å². The molecular formula is C24H26FN5O3S. The highest BCUT2D eigenvalue weighted by Crippen LogP contribution is 2.17. The summed E-state index contributed by atoms with van der Waals surface area (Å²) in [5, 5.41) is 2.97. The Balaban J connectivity index is 1.45. The Labute approximate surface area is 198 Å². The molecule has 10 heteroatoms. The summed E-state index contributed by atoms with van der Waals surface area (Å²) >= 11 is 0. The zero-order valence-electron chi connectivity index (χ0n) is 18.5. The largest absolute Gasteiger partial charge is 0.352 e. The number of sulfonamides is 1. The van der Waals surface area contributed by atoms with Crippen LogP contribution >= 0.6 is 0 Å². The number of halogens is 1. The lowest BCUT2D eigenvalue weighted by atomic mass is 10.0. The maximum absolute atomic E-state index is 14.2. The molecule has 0 saturated carbocycles. The Kier molecular flexibility index (Phi) is 7.49. The lowest BCUT2D eigenvalue weighted by Gasteiger charge is -2.33. The van der Waals surface area contributed by atoms with Gasteiger partial charge in [-0.15, -0.1) is 0 Å². The molecule has 1 saturated heterocycles. The lowest BCUT2D eigenvalue weighted by molar-refractivity contribution is -0.123. The van der Waals surface area contributed by atoms with E-state index in [-0.39, 0.29) is 12.5 Å². The van der Waals surface area contributed by atoms with E-state index in [1.165, 1.54) is 18.2 Å². The third-order valence-electron chi connectivity index (χ3n) is 5.70. The van der Waals surface area contributed by atoms with Gasteiger partial charge < -0.3 is 10.2 Å². The van der Waals surface area contributed by atoms with Gasteiger partial charge in [-0.25, -0.2) is 22.8 Å². The molecule has 0 spiro atoms. The van der Waals surface area contributed by atoms with Crippen molar-refractivity contribution in [3.05, 3.63) is 84.4 Å². The molecule has 0 aliphatic carbocycles. The van der Waals surface area contributed by atoms with Crippen molar-refractivity contribution in [1.29, 1.82) is 0 Å². The maximum Gasteiger partial charge on any atom is 0.244 e. The molecule has 1 atom stereocenters. The van der Waals surface area contributed by atoms with E-state index in [0.717, 1.165) is 11.6 Å². The molecule has 2 N–H and O–H groups in total. The van der Waals surface area contributed by atoms with Gasteiger partial charge in [0.25, 0.3) is 0 Å². The molecule has 3 aromatic rings. The number of carbonyl (C=O) groups excluding carboxylic acids is 1. The number of anilines is 1. The lowest BCUT2D eigenvalue weighted by Crippen LogP contribution is -2.53. The van der Waals surface area contributed by atoms with Crippen LogP contribution in [0.1, 0.15) is 18.4 Å². The number of piperidine rings is 1. The minimum Gasteiger partial charge on any atom is -0.352 e. The third kappa shape index (κ3) is 5.95. The first-order chi connectivity index (χ1) is 16.4. The van der Waals surface area contributed by atoms with Gasteiger partial charge in [-0.05, 0) is 43.0 Å². The predicted molar refractivity (Wildman–Crippen MR) is 126 cm³/mol. The predicted octanol–water partition coefficient (Wildman–Crippen LogP) is 2.29. The Morgan fingerprint density at radius 2 is 1.65 bits per heavy atom. The molecule has 0 bridgehead atoms. The van der Waals surface area contributed by atoms with Crippen LogP contribution in [0.15, 0.2) is 78.0 Å². The summed E-state index contributed by atoms with van der Waals surface area (Å²) in [4.78, 5) is 23.3. The Morgan fingerprint density at radius 3 is 2.32 bits per heavy atom. The van der Waals surface area contributed by atoms with Gasteiger partial charge in [0.1, 0.15) is 16.8 Å². The second-order valence-corrected chi connectivity index (χ2v) is 9.80. The molecule has 2 heterocycles. The number of amides is 1. The van der Waals surface area contributed by atoms with Gasteiger partial charge >= 0.3 is 0 Å². The number of benzene rings is 2. The van der Waals surface area contributed by atoms with E-state index >= 15 is 0 Å². The van der Waals surface area contributed by atoms with Gasteiger partial charge in [-0.1, -0.05) is 42.5 Å². The first kappa shape index (κ1) is 23.8. The molecule has 2 aromatic carbocycles. The first-order valence-corrected chi connectivity index (χ1v) is 12.5. The molecule has 8 nitrogen and oxygen atoms in total. The smallest absolute Gasteiger partial charge is 0.244 e. The number of carbonyl (C=O) groups is 1. The normalized spacial score (nSPS) is 15.6. The average molecular weight is 484 g/mol. The number of hydrogen-bond donors (Lipinski definition) is 2. The molecule has 1 aliphatic heterocycles. The second-order valence-electron chi connectivity index (χ2n) is 8.11. The number of aromatic nitrogens is 2. The van der Waals surface area contributed by atoms with Crippen molar-refractivity contribution < 1.29 is 17.6 Å². The summed E-state index contributed by atoms with van der Waals surface area (Å²) in [7, 11) is -4.25. The summed E-state index contributed by atoms with van der Waals surface area (Å²) in [5.74, 6) is -0.672. The van der Waals surface area contributed by atoms with Crippen LogP contribution in [-0.4, -0.2) is 49.5 Å². The molecular weight excluding hydrogens is 457 g/mol. The quantitative estimate of drug-likeness (QED) is 0.510. The van der Waals surface area contributed by atoms with Crippen LogP contribution in [0, 0.1) is 5.82 Å². The molecule has 178 valence electrons. The fraction of sp³-hybridized carbons (Fsp3) is 0.292. The van der Waals surface area contributed by atoms with Crippen LogP contribution in [0.5, 0.6) is 0 Å². The zero-order chi connectivity index (χ0) is 24.0. The standard InChI is InChI=1S/C24H26FN5O3S/c25-20-9-4-5-10-22(20)34(32,33)29-21(17-18-7-2-1-3-8-18)23(31)28-19-11-15-30(16-12-19)24-26-13-6-14-27-24/h1-10,13-14,19,21,29H,11-12,15-17H2,(H,28,31). The molecule has 1 aromatic heterocycles. The van der Waals surface area contributed by atoms with Crippen molar-refractivity contribution in [2.75, 3.05) is 18.0 Å². The van der Waals surface area contributed by atoms with Crippen LogP contribution in [-0.2, 0) is 21.2 Å². The van der Waals surface area contributed by atoms with Crippen LogP contribution in [0.3, 0.4) is 0 Å². The van der Waals surface area contributed by atoms with Crippen molar-refractivity contribution in [2.24, 2.45) is 0 Å². The maximum atomic E-state index is 14.2. The fourth-order valence-electron chi connectivity index (χ4n) is 3.93.